The van der Waals surface area contributed by atoms with Crippen LogP contribution in [0, 0.1) is 0 Å². The van der Waals surface area contributed by atoms with Crippen molar-refractivity contribution in [2.45, 2.75) is 90.1 Å². The van der Waals surface area contributed by atoms with Gasteiger partial charge in [-0.1, -0.05) is 71.1 Å². The zero-order valence-electron chi connectivity index (χ0n) is 20.2. The Morgan fingerprint density at radius 3 is 1.90 bits per heavy atom. The highest BCUT2D eigenvalue weighted by molar-refractivity contribution is 7.47. The number of rotatable bonds is 21. The number of hydrogen-bond donors (Lipinski definition) is 2. The summed E-state index contributed by atoms with van der Waals surface area (Å²) in [5.41, 5.74) is 0. The predicted molar refractivity (Wildman–Crippen MR) is 123 cm³/mol. The van der Waals surface area contributed by atoms with E-state index >= 15 is 0 Å². The number of carbonyl (C=O) groups is 1. The average Bonchev–Trinajstić information content (AvgIpc) is 2.68. The van der Waals surface area contributed by atoms with E-state index in [9.17, 15) is 19.4 Å². The van der Waals surface area contributed by atoms with Gasteiger partial charge in [0.1, 0.15) is 19.3 Å². The number of nitrogens with zero attached hydrogens (tertiary/aromatic N) is 1. The molecule has 0 saturated carbocycles. The Morgan fingerprint density at radius 1 is 0.903 bits per heavy atom. The monoisotopic (exact) mass is 468 g/mol. The Labute approximate surface area is 189 Å². The van der Waals surface area contributed by atoms with Crippen molar-refractivity contribution < 1.29 is 37.6 Å². The van der Waals surface area contributed by atoms with Crippen molar-refractivity contribution in [3.63, 3.8) is 0 Å². The van der Waals surface area contributed by atoms with Crippen LogP contribution in [0.25, 0.3) is 0 Å². The van der Waals surface area contributed by atoms with Crippen molar-refractivity contribution in [1.82, 2.24) is 0 Å². The Kier molecular flexibility index (Phi) is 17.7. The van der Waals surface area contributed by atoms with Crippen LogP contribution >= 0.6 is 7.82 Å². The van der Waals surface area contributed by atoms with E-state index < -0.39 is 33.1 Å². The van der Waals surface area contributed by atoms with Crippen LogP contribution < -0.4 is 0 Å². The first kappa shape index (κ1) is 30.5. The topological polar surface area (TPSA) is 102 Å². The number of quaternary nitrogens is 1. The molecule has 0 heterocycles. The highest BCUT2D eigenvalue weighted by Gasteiger charge is 2.25. The third kappa shape index (κ3) is 21.1. The summed E-state index contributed by atoms with van der Waals surface area (Å²) >= 11 is 0. The van der Waals surface area contributed by atoms with Gasteiger partial charge < -0.3 is 19.2 Å². The molecule has 0 aliphatic rings. The lowest BCUT2D eigenvalue weighted by molar-refractivity contribution is -0.870. The number of aliphatic hydroxyl groups is 1. The molecule has 2 N–H and O–H groups in total. The van der Waals surface area contributed by atoms with Gasteiger partial charge in [0.05, 0.1) is 34.4 Å². The van der Waals surface area contributed by atoms with Gasteiger partial charge in [0.15, 0.2) is 0 Å². The third-order valence-electron chi connectivity index (χ3n) is 4.93. The van der Waals surface area contributed by atoms with Gasteiger partial charge in [0.2, 0.25) is 0 Å². The van der Waals surface area contributed by atoms with E-state index in [4.69, 9.17) is 13.8 Å². The van der Waals surface area contributed by atoms with E-state index in [1.54, 1.807) is 0 Å². The van der Waals surface area contributed by atoms with Gasteiger partial charge >= 0.3 is 13.8 Å². The van der Waals surface area contributed by atoms with E-state index in [2.05, 4.69) is 6.92 Å². The lowest BCUT2D eigenvalue weighted by Gasteiger charge is -2.24. The second kappa shape index (κ2) is 18.0. The number of esters is 1. The molecule has 186 valence electrons. The number of carbonyl (C=O) groups excluding carboxylic acids is 1. The van der Waals surface area contributed by atoms with Crippen LogP contribution in [0.5, 0.6) is 0 Å². The molecule has 0 saturated heterocycles. The largest absolute Gasteiger partial charge is 0.472 e. The summed E-state index contributed by atoms with van der Waals surface area (Å²) in [6, 6.07) is 0. The van der Waals surface area contributed by atoms with Gasteiger partial charge in [0.25, 0.3) is 0 Å². The molecular weight excluding hydrogens is 421 g/mol. The Bertz CT molecular complexity index is 497. The number of likely N-dealkylation sites (N-methyl/N-ethyl adjacent to an activating group) is 1. The van der Waals surface area contributed by atoms with E-state index in [0.717, 1.165) is 19.3 Å². The van der Waals surface area contributed by atoms with Crippen LogP contribution in [0.4, 0.5) is 0 Å². The number of ether oxygens (including phenoxy) is 1. The minimum atomic E-state index is -4.25. The summed E-state index contributed by atoms with van der Waals surface area (Å²) < 4.78 is 27.3. The molecule has 0 bridgehead atoms. The maximum Gasteiger partial charge on any atom is 0.472 e. The quantitative estimate of drug-likeness (QED) is 0.111. The fraction of sp³-hybridized carbons (Fsp3) is 0.955. The first-order valence-corrected chi connectivity index (χ1v) is 13.3. The maximum absolute atomic E-state index is 11.9. The normalized spacial score (nSPS) is 14.9. The minimum Gasteiger partial charge on any atom is -0.457 e. The Hall–Kier alpha value is -0.500. The second-order valence-electron chi connectivity index (χ2n) is 9.19. The molecule has 2 unspecified atom stereocenters. The average molecular weight is 469 g/mol. The highest BCUT2D eigenvalue weighted by Crippen LogP contribution is 2.43. The van der Waals surface area contributed by atoms with Crippen molar-refractivity contribution in [2.75, 3.05) is 47.5 Å². The summed E-state index contributed by atoms with van der Waals surface area (Å²) in [4.78, 5) is 21.6. The standard InChI is InChI=1S/C22H46NO7P/c1-5-6-7-8-9-10-11-12-13-14-15-16-22(25)30-21(19-24)20-29-31(26,27)28-18-17-23(2,3)4/h21,24H,5-20H2,1-4H3/p+1. The lowest BCUT2D eigenvalue weighted by Crippen LogP contribution is -2.37. The second-order valence-corrected chi connectivity index (χ2v) is 10.6. The van der Waals surface area contributed by atoms with E-state index in [1.807, 2.05) is 21.1 Å². The molecule has 0 spiro atoms. The molecule has 0 rings (SSSR count). The van der Waals surface area contributed by atoms with Gasteiger partial charge in [0, 0.05) is 6.42 Å². The van der Waals surface area contributed by atoms with Crippen LogP contribution in [0.1, 0.15) is 84.0 Å². The van der Waals surface area contributed by atoms with Crippen molar-refractivity contribution >= 4 is 13.8 Å². The Morgan fingerprint density at radius 2 is 1.42 bits per heavy atom. The smallest absolute Gasteiger partial charge is 0.457 e. The number of hydrogen-bond acceptors (Lipinski definition) is 6. The minimum absolute atomic E-state index is 0.0553. The molecule has 31 heavy (non-hydrogen) atoms. The number of unbranched alkanes of at least 4 members (excludes halogenated alkanes) is 10. The summed E-state index contributed by atoms with van der Waals surface area (Å²) in [7, 11) is 1.55. The van der Waals surface area contributed by atoms with Gasteiger partial charge in [-0.2, -0.15) is 0 Å². The zero-order valence-corrected chi connectivity index (χ0v) is 21.1. The molecule has 9 heteroatoms. The third-order valence-corrected chi connectivity index (χ3v) is 5.91. The fourth-order valence-electron chi connectivity index (χ4n) is 2.95. The highest BCUT2D eigenvalue weighted by atomic mass is 31.2. The predicted octanol–water partition coefficient (Wildman–Crippen LogP) is 4.43. The Balaban J connectivity index is 3.81. The van der Waals surface area contributed by atoms with Gasteiger partial charge in [-0.15, -0.1) is 0 Å². The number of phosphoric acid groups is 1. The molecule has 0 fully saturated rings. The summed E-state index contributed by atoms with van der Waals surface area (Å²) in [5, 5.41) is 9.34. The van der Waals surface area contributed by atoms with Gasteiger partial charge in [-0.3, -0.25) is 13.8 Å². The van der Waals surface area contributed by atoms with E-state index in [-0.39, 0.29) is 13.0 Å². The molecule has 0 aromatic carbocycles. The van der Waals surface area contributed by atoms with Crippen LogP contribution in [0.2, 0.25) is 0 Å². The van der Waals surface area contributed by atoms with Crippen molar-refractivity contribution in [3.8, 4) is 0 Å². The number of aliphatic hydroxyl groups excluding tert-OH is 1. The zero-order chi connectivity index (χ0) is 23.6. The van der Waals surface area contributed by atoms with Crippen LogP contribution in [0.3, 0.4) is 0 Å². The molecule has 2 atom stereocenters. The molecule has 8 nitrogen and oxygen atoms in total. The van der Waals surface area contributed by atoms with Crippen LogP contribution in [-0.4, -0.2) is 74.1 Å². The van der Waals surface area contributed by atoms with Gasteiger partial charge in [-0.25, -0.2) is 4.57 Å². The fourth-order valence-corrected chi connectivity index (χ4v) is 3.69. The summed E-state index contributed by atoms with van der Waals surface area (Å²) in [6.45, 7) is 1.94. The maximum atomic E-state index is 11.9. The molecule has 0 radical (unpaired) electrons. The molecule has 0 aromatic rings. The van der Waals surface area contributed by atoms with Gasteiger partial charge in [-0.05, 0) is 6.42 Å². The van der Waals surface area contributed by atoms with E-state index in [1.165, 1.54) is 51.4 Å². The summed E-state index contributed by atoms with van der Waals surface area (Å²) in [6.07, 6.45) is 12.4. The van der Waals surface area contributed by atoms with Crippen molar-refractivity contribution in [3.05, 3.63) is 0 Å². The molecule has 0 aliphatic heterocycles. The molecule has 0 aromatic heterocycles. The van der Waals surface area contributed by atoms with E-state index in [0.29, 0.717) is 11.0 Å². The SMILES string of the molecule is CCCCCCCCCCCCCC(=O)OC(CO)COP(=O)(O)OCC[N+](C)(C)C. The first-order valence-electron chi connectivity index (χ1n) is 11.8. The molecule has 0 aliphatic carbocycles. The molecule has 0 amide bonds. The van der Waals surface area contributed by atoms with Crippen molar-refractivity contribution in [1.29, 1.82) is 0 Å². The first-order chi connectivity index (χ1) is 14.6. The van der Waals surface area contributed by atoms with Crippen molar-refractivity contribution in [2.24, 2.45) is 0 Å². The summed E-state index contributed by atoms with van der Waals surface area (Å²) in [5.74, 6) is -0.433. The lowest BCUT2D eigenvalue weighted by atomic mass is 10.1. The van der Waals surface area contributed by atoms with Crippen LogP contribution in [-0.2, 0) is 23.1 Å². The number of phosphoric ester groups is 1. The van der Waals surface area contributed by atoms with Crippen LogP contribution in [0.15, 0.2) is 0 Å². The molecular formula is C22H47NO7P+.